The number of aldehydes is 1. The Bertz CT molecular complexity index is 2030. The average Bonchev–Trinajstić information content (AvgIpc) is 3.58. The maximum atomic E-state index is 14.5. The number of aromatic nitrogens is 3. The molecule has 258 valence electrons. The Labute approximate surface area is 291 Å². The number of pyridine rings is 1. The molecule has 11 heteroatoms. The Kier molecular flexibility index (Phi) is 10.5. The van der Waals surface area contributed by atoms with Crippen molar-refractivity contribution in [2.75, 3.05) is 25.6 Å². The van der Waals surface area contributed by atoms with Gasteiger partial charge in [-0.2, -0.15) is 5.10 Å². The summed E-state index contributed by atoms with van der Waals surface area (Å²) in [4.78, 5) is 45.1. The second-order valence-corrected chi connectivity index (χ2v) is 12.4. The third-order valence-corrected chi connectivity index (χ3v) is 9.18. The van der Waals surface area contributed by atoms with Crippen LogP contribution in [0.5, 0.6) is 5.75 Å². The zero-order valence-corrected chi connectivity index (χ0v) is 28.6. The number of ether oxygens (including phenoxy) is 2. The summed E-state index contributed by atoms with van der Waals surface area (Å²) in [6, 6.07) is 19.8. The van der Waals surface area contributed by atoms with Gasteiger partial charge in [0.15, 0.2) is 5.65 Å². The minimum atomic E-state index is -0.609. The van der Waals surface area contributed by atoms with Crippen molar-refractivity contribution < 1.29 is 23.9 Å². The summed E-state index contributed by atoms with van der Waals surface area (Å²) in [7, 11) is 1.60. The van der Waals surface area contributed by atoms with Crippen LogP contribution in [0.4, 0.5) is 5.69 Å². The summed E-state index contributed by atoms with van der Waals surface area (Å²) in [6.07, 6.45) is 5.01. The Morgan fingerprint density at radius 2 is 1.82 bits per heavy atom. The van der Waals surface area contributed by atoms with Gasteiger partial charge in [0.1, 0.15) is 12.0 Å². The zero-order valence-electron chi connectivity index (χ0n) is 28.6. The van der Waals surface area contributed by atoms with Gasteiger partial charge < -0.3 is 25.4 Å². The highest BCUT2D eigenvalue weighted by Gasteiger charge is 2.26. The van der Waals surface area contributed by atoms with Gasteiger partial charge in [0, 0.05) is 65.9 Å². The van der Waals surface area contributed by atoms with Crippen LogP contribution < -0.4 is 15.8 Å². The second-order valence-electron chi connectivity index (χ2n) is 12.4. The summed E-state index contributed by atoms with van der Waals surface area (Å²) in [5, 5.41) is 9.35. The van der Waals surface area contributed by atoms with Crippen molar-refractivity contribution in [3.05, 3.63) is 106 Å². The number of carbonyl (C=O) groups excluding carboxylic acids is 3. The maximum absolute atomic E-state index is 14.5. The molecule has 3 N–H and O–H groups in total. The van der Waals surface area contributed by atoms with Gasteiger partial charge in [0.05, 0.1) is 30.9 Å². The molecule has 0 radical (unpaired) electrons. The molecule has 0 aliphatic carbocycles. The molecule has 0 spiro atoms. The monoisotopic (exact) mass is 674 g/mol. The number of nitrogens with one attached hydrogen (secondary N) is 1. The predicted octanol–water partition coefficient (Wildman–Crippen LogP) is 6.03. The van der Waals surface area contributed by atoms with Crippen molar-refractivity contribution in [1.82, 2.24) is 19.7 Å². The highest BCUT2D eigenvalue weighted by atomic mass is 16.5. The molecule has 1 aliphatic heterocycles. The highest BCUT2D eigenvalue weighted by molar-refractivity contribution is 5.99. The van der Waals surface area contributed by atoms with Crippen LogP contribution in [0.3, 0.4) is 0 Å². The minimum absolute atomic E-state index is 0.186. The fraction of sp³-hybridized carbons (Fsp3) is 0.308. The number of methoxy groups -OCH3 is 1. The normalized spacial score (nSPS) is 13.3. The minimum Gasteiger partial charge on any atom is -0.496 e. The molecular formula is C39H42N6O5. The SMILES string of the molecule is CCc1nc2c(cnn2CC)c(NC2CCOCC2)c1CN(Cc1ccc(OC)c(-c2cccc(C=O)c2)c1)C(=O)c1cccc(C(N)=O)c1. The molecule has 0 bridgehead atoms. The van der Waals surface area contributed by atoms with Gasteiger partial charge in [-0.3, -0.25) is 14.4 Å². The lowest BCUT2D eigenvalue weighted by Gasteiger charge is -2.29. The molecular weight excluding hydrogens is 632 g/mol. The number of benzene rings is 3. The quantitative estimate of drug-likeness (QED) is 0.144. The zero-order chi connectivity index (χ0) is 35.2. The van der Waals surface area contributed by atoms with Crippen molar-refractivity contribution in [3.63, 3.8) is 0 Å². The number of carbonyl (C=O) groups is 3. The number of nitrogens with zero attached hydrogens (tertiary/aromatic N) is 4. The fourth-order valence-corrected chi connectivity index (χ4v) is 6.54. The molecule has 1 saturated heterocycles. The van der Waals surface area contributed by atoms with E-state index in [-0.39, 0.29) is 30.6 Å². The number of nitrogens with two attached hydrogens (primary N) is 1. The molecule has 0 saturated carbocycles. The first-order valence-electron chi connectivity index (χ1n) is 17.0. The van der Waals surface area contributed by atoms with Gasteiger partial charge in [-0.05, 0) is 73.7 Å². The van der Waals surface area contributed by atoms with Crippen LogP contribution in [-0.2, 0) is 30.8 Å². The van der Waals surface area contributed by atoms with E-state index in [9.17, 15) is 14.4 Å². The summed E-state index contributed by atoms with van der Waals surface area (Å²) in [5.74, 6) is -0.234. The van der Waals surface area contributed by atoms with E-state index >= 15 is 0 Å². The van der Waals surface area contributed by atoms with Gasteiger partial charge in [0.2, 0.25) is 5.91 Å². The van der Waals surface area contributed by atoms with E-state index in [1.165, 1.54) is 6.07 Å². The smallest absolute Gasteiger partial charge is 0.254 e. The molecule has 2 amide bonds. The van der Waals surface area contributed by atoms with Crippen molar-refractivity contribution in [2.24, 2.45) is 5.73 Å². The van der Waals surface area contributed by atoms with Gasteiger partial charge in [0.25, 0.3) is 5.91 Å². The maximum Gasteiger partial charge on any atom is 0.254 e. The summed E-state index contributed by atoms with van der Waals surface area (Å²) >= 11 is 0. The van der Waals surface area contributed by atoms with Crippen LogP contribution in [0.25, 0.3) is 22.2 Å². The molecule has 0 unspecified atom stereocenters. The third-order valence-electron chi connectivity index (χ3n) is 9.18. The Hall–Kier alpha value is -5.55. The number of fused-ring (bicyclic) bond motifs is 1. The lowest BCUT2D eigenvalue weighted by atomic mass is 9.99. The molecule has 1 fully saturated rings. The number of hydrogen-bond acceptors (Lipinski definition) is 8. The van der Waals surface area contributed by atoms with Gasteiger partial charge in [-0.1, -0.05) is 37.3 Å². The molecule has 11 nitrogen and oxygen atoms in total. The van der Waals surface area contributed by atoms with Crippen molar-refractivity contribution in [2.45, 2.75) is 58.8 Å². The topological polar surface area (TPSA) is 142 Å². The van der Waals surface area contributed by atoms with Crippen LogP contribution in [0, 0.1) is 0 Å². The van der Waals surface area contributed by atoms with E-state index in [1.807, 2.05) is 54.2 Å². The van der Waals surface area contributed by atoms with E-state index in [2.05, 4.69) is 17.3 Å². The van der Waals surface area contributed by atoms with Crippen molar-refractivity contribution in [3.8, 4) is 16.9 Å². The standard InChI is InChI=1S/C39H42N6O5/c1-4-34-33(36(42-30-14-16-50-17-15-30)32-21-41-45(5-2)38(32)43-34)23-44(39(48)29-11-7-10-28(20-29)37(40)47)22-25-12-13-35(49-3)31(19-25)27-9-6-8-26(18-27)24-46/h6-13,18-21,24,30H,4-5,14-17,22-23H2,1-3H3,(H2,40,47)(H,42,43). The first-order valence-corrected chi connectivity index (χ1v) is 17.0. The van der Waals surface area contributed by atoms with Crippen molar-refractivity contribution >= 4 is 34.8 Å². The first-order chi connectivity index (χ1) is 24.3. The second kappa shape index (κ2) is 15.3. The summed E-state index contributed by atoms with van der Waals surface area (Å²) < 4.78 is 13.2. The van der Waals surface area contributed by atoms with Gasteiger partial charge in [-0.15, -0.1) is 0 Å². The number of anilines is 1. The van der Waals surface area contributed by atoms with E-state index < -0.39 is 5.91 Å². The van der Waals surface area contributed by atoms with E-state index in [4.69, 9.17) is 20.2 Å². The number of aryl methyl sites for hydroxylation is 2. The Balaban J connectivity index is 1.47. The molecule has 5 aromatic rings. The number of rotatable bonds is 13. The Morgan fingerprint density at radius 1 is 1.04 bits per heavy atom. The fourth-order valence-electron chi connectivity index (χ4n) is 6.54. The largest absolute Gasteiger partial charge is 0.496 e. The molecule has 3 heterocycles. The predicted molar refractivity (Wildman–Crippen MR) is 192 cm³/mol. The molecule has 6 rings (SSSR count). The number of amides is 2. The number of primary amides is 1. The third kappa shape index (κ3) is 7.23. The van der Waals surface area contributed by atoms with Crippen LogP contribution >= 0.6 is 0 Å². The average molecular weight is 675 g/mol. The summed E-state index contributed by atoms with van der Waals surface area (Å²) in [6.45, 7) is 6.59. The first kappa shape index (κ1) is 34.3. The summed E-state index contributed by atoms with van der Waals surface area (Å²) in [5.41, 5.74) is 12.7. The molecule has 50 heavy (non-hydrogen) atoms. The van der Waals surface area contributed by atoms with E-state index in [0.717, 1.165) is 63.8 Å². The van der Waals surface area contributed by atoms with E-state index in [1.54, 1.807) is 36.3 Å². The number of hydrogen-bond donors (Lipinski definition) is 2. The molecule has 0 atom stereocenters. The highest BCUT2D eigenvalue weighted by Crippen LogP contribution is 2.35. The van der Waals surface area contributed by atoms with E-state index in [0.29, 0.717) is 43.1 Å². The van der Waals surface area contributed by atoms with Crippen molar-refractivity contribution in [1.29, 1.82) is 0 Å². The van der Waals surface area contributed by atoms with Crippen LogP contribution in [0.15, 0.2) is 72.9 Å². The van der Waals surface area contributed by atoms with Crippen LogP contribution in [0.2, 0.25) is 0 Å². The van der Waals surface area contributed by atoms with Crippen LogP contribution in [-0.4, -0.2) is 64.1 Å². The Morgan fingerprint density at radius 3 is 2.54 bits per heavy atom. The van der Waals surface area contributed by atoms with Gasteiger partial charge in [-0.25, -0.2) is 9.67 Å². The lowest BCUT2D eigenvalue weighted by Crippen LogP contribution is -2.33. The molecule has 3 aromatic carbocycles. The molecule has 2 aromatic heterocycles. The molecule has 1 aliphatic rings. The van der Waals surface area contributed by atoms with Gasteiger partial charge >= 0.3 is 0 Å². The van der Waals surface area contributed by atoms with Crippen LogP contribution in [0.1, 0.15) is 74.6 Å². The lowest BCUT2D eigenvalue weighted by molar-refractivity contribution is 0.0729.